The molecule has 2 heterocycles. The minimum Gasteiger partial charge on any atom is -0.294 e. The fourth-order valence-corrected chi connectivity index (χ4v) is 5.88. The van der Waals surface area contributed by atoms with Gasteiger partial charge in [0.1, 0.15) is 0 Å². The van der Waals surface area contributed by atoms with E-state index in [0.29, 0.717) is 12.8 Å². The number of fused-ring (bicyclic) bond motifs is 2. The second-order valence-corrected chi connectivity index (χ2v) is 8.40. The van der Waals surface area contributed by atoms with Gasteiger partial charge in [-0.25, -0.2) is 0 Å². The molecule has 2 aliphatic rings. The van der Waals surface area contributed by atoms with Gasteiger partial charge in [-0.15, -0.1) is 0 Å². The van der Waals surface area contributed by atoms with Crippen LogP contribution in [0.2, 0.25) is 0 Å². The number of nitriles is 1. The number of carbonyl (C=O) groups excluding carboxylic acids is 1. The summed E-state index contributed by atoms with van der Waals surface area (Å²) >= 11 is 0. The Labute approximate surface area is 140 Å². The van der Waals surface area contributed by atoms with E-state index in [1.54, 1.807) is 6.07 Å². The van der Waals surface area contributed by atoms with Gasteiger partial charge in [-0.3, -0.25) is 9.00 Å². The van der Waals surface area contributed by atoms with E-state index in [4.69, 9.17) is 5.26 Å². The van der Waals surface area contributed by atoms with Gasteiger partial charge in [-0.1, -0.05) is 6.42 Å². The fourth-order valence-electron chi connectivity index (χ4n) is 3.70. The number of nitrogens with zero attached hydrogens (tertiary/aromatic N) is 1. The average Bonchev–Trinajstić information content (AvgIpc) is 2.52. The van der Waals surface area contributed by atoms with E-state index in [1.807, 2.05) is 0 Å². The second-order valence-electron chi connectivity index (χ2n) is 6.41. The summed E-state index contributed by atoms with van der Waals surface area (Å²) < 4.78 is 50.5. The molecule has 2 saturated heterocycles. The van der Waals surface area contributed by atoms with E-state index in [9.17, 15) is 22.2 Å². The van der Waals surface area contributed by atoms with Crippen molar-refractivity contribution in [3.63, 3.8) is 0 Å². The molecule has 0 saturated carbocycles. The molecule has 24 heavy (non-hydrogen) atoms. The Morgan fingerprint density at radius 1 is 1.21 bits per heavy atom. The van der Waals surface area contributed by atoms with Crippen LogP contribution in [0.25, 0.3) is 0 Å². The third-order valence-corrected chi connectivity index (χ3v) is 7.08. The lowest BCUT2D eigenvalue weighted by Gasteiger charge is -2.37. The third-order valence-electron chi connectivity index (χ3n) is 4.91. The minimum absolute atomic E-state index is 0.00793. The first kappa shape index (κ1) is 17.2. The Balaban J connectivity index is 1.88. The van der Waals surface area contributed by atoms with Crippen molar-refractivity contribution >= 4 is 16.6 Å². The molecule has 7 heteroatoms. The van der Waals surface area contributed by atoms with E-state index < -0.39 is 22.5 Å². The first-order chi connectivity index (χ1) is 11.3. The highest BCUT2D eigenvalue weighted by Crippen LogP contribution is 2.39. The van der Waals surface area contributed by atoms with E-state index in [2.05, 4.69) is 0 Å². The Bertz CT molecular complexity index is 722. The van der Waals surface area contributed by atoms with Crippen molar-refractivity contribution in [2.45, 2.75) is 48.8 Å². The summed E-state index contributed by atoms with van der Waals surface area (Å²) in [5.74, 6) is -0.657. The van der Waals surface area contributed by atoms with Crippen molar-refractivity contribution in [3.05, 3.63) is 34.9 Å². The normalized spacial score (nSPS) is 29.8. The van der Waals surface area contributed by atoms with Crippen molar-refractivity contribution in [3.8, 4) is 6.07 Å². The molecule has 2 bridgehead atoms. The van der Waals surface area contributed by atoms with Gasteiger partial charge < -0.3 is 0 Å². The van der Waals surface area contributed by atoms with E-state index in [-0.39, 0.29) is 33.3 Å². The van der Waals surface area contributed by atoms with Crippen LogP contribution in [-0.2, 0) is 17.0 Å². The average molecular weight is 355 g/mol. The molecule has 0 N–H and O–H groups in total. The molecule has 2 unspecified atom stereocenters. The van der Waals surface area contributed by atoms with Gasteiger partial charge in [0.2, 0.25) is 0 Å². The molecule has 1 aromatic carbocycles. The smallest absolute Gasteiger partial charge is 0.294 e. The highest BCUT2D eigenvalue weighted by molar-refractivity contribution is 7.86. The highest BCUT2D eigenvalue weighted by Gasteiger charge is 2.41. The van der Waals surface area contributed by atoms with Crippen LogP contribution in [0.1, 0.15) is 53.6 Å². The number of ketones is 1. The molecule has 2 aliphatic heterocycles. The van der Waals surface area contributed by atoms with Crippen LogP contribution in [0.3, 0.4) is 0 Å². The number of hydrogen-bond donors (Lipinski definition) is 0. The summed E-state index contributed by atoms with van der Waals surface area (Å²) in [6.45, 7) is 0. The zero-order chi connectivity index (χ0) is 17.5. The molecule has 2 fully saturated rings. The zero-order valence-electron chi connectivity index (χ0n) is 12.8. The molecule has 0 aliphatic carbocycles. The van der Waals surface area contributed by atoms with Crippen molar-refractivity contribution in [2.75, 3.05) is 0 Å². The lowest BCUT2D eigenvalue weighted by molar-refractivity contribution is -0.137. The van der Waals surface area contributed by atoms with Crippen molar-refractivity contribution in [2.24, 2.45) is 5.92 Å². The van der Waals surface area contributed by atoms with Gasteiger partial charge in [0.05, 0.1) is 17.2 Å². The molecule has 2 atom stereocenters. The van der Waals surface area contributed by atoms with Crippen LogP contribution < -0.4 is 0 Å². The summed E-state index contributed by atoms with van der Waals surface area (Å²) in [5.41, 5.74) is -1.13. The lowest BCUT2D eigenvalue weighted by atomic mass is 9.83. The van der Waals surface area contributed by atoms with Crippen LogP contribution in [0.5, 0.6) is 0 Å². The molecule has 0 radical (unpaired) electrons. The molecular weight excluding hydrogens is 339 g/mol. The Morgan fingerprint density at radius 3 is 2.38 bits per heavy atom. The Kier molecular flexibility index (Phi) is 4.52. The Morgan fingerprint density at radius 2 is 1.83 bits per heavy atom. The van der Waals surface area contributed by atoms with E-state index >= 15 is 0 Å². The number of halogens is 3. The summed E-state index contributed by atoms with van der Waals surface area (Å²) in [4.78, 5) is 12.7. The first-order valence-corrected chi connectivity index (χ1v) is 9.14. The number of Topliss-reactive ketones (excluding diaryl/α,β-unsaturated/α-hetero) is 1. The van der Waals surface area contributed by atoms with Crippen LogP contribution in [0, 0.1) is 17.2 Å². The highest BCUT2D eigenvalue weighted by atomic mass is 32.2. The van der Waals surface area contributed by atoms with Crippen molar-refractivity contribution in [1.82, 2.24) is 0 Å². The van der Waals surface area contributed by atoms with E-state index in [0.717, 1.165) is 37.5 Å². The van der Waals surface area contributed by atoms with Crippen LogP contribution >= 0.6 is 0 Å². The molecule has 1 aromatic rings. The molecule has 3 rings (SSSR count). The van der Waals surface area contributed by atoms with Crippen molar-refractivity contribution < 1.29 is 22.2 Å². The summed E-state index contributed by atoms with van der Waals surface area (Å²) in [6.07, 6.45) is -0.907. The molecule has 0 amide bonds. The maximum atomic E-state index is 12.8. The maximum Gasteiger partial charge on any atom is 0.416 e. The van der Waals surface area contributed by atoms with E-state index in [1.165, 1.54) is 0 Å². The topological polar surface area (TPSA) is 57.9 Å². The molecule has 0 aromatic heterocycles. The number of benzene rings is 1. The quantitative estimate of drug-likeness (QED) is 0.758. The minimum atomic E-state index is -4.55. The number of alkyl halides is 3. The number of hydrogen-bond acceptors (Lipinski definition) is 3. The van der Waals surface area contributed by atoms with Crippen molar-refractivity contribution in [1.29, 1.82) is 5.26 Å². The SMILES string of the molecule is N#Cc1cc(C(F)(F)F)ccc1C(=O)C1CC2CCCC(C1)S2=O. The van der Waals surface area contributed by atoms with Crippen LogP contribution in [-0.4, -0.2) is 20.5 Å². The zero-order valence-corrected chi connectivity index (χ0v) is 13.6. The largest absolute Gasteiger partial charge is 0.416 e. The van der Waals surface area contributed by atoms with Gasteiger partial charge in [-0.05, 0) is 43.9 Å². The second kappa shape index (κ2) is 6.32. The predicted octanol–water partition coefficient (Wildman–Crippen LogP) is 3.84. The van der Waals surface area contributed by atoms with Crippen LogP contribution in [0.4, 0.5) is 13.2 Å². The van der Waals surface area contributed by atoms with Gasteiger partial charge in [0, 0.05) is 32.8 Å². The summed E-state index contributed by atoms with van der Waals surface area (Å²) in [5, 5.41) is 9.13. The predicted molar refractivity (Wildman–Crippen MR) is 82.8 cm³/mol. The summed E-state index contributed by atoms with van der Waals surface area (Å²) in [6, 6.07) is 4.38. The summed E-state index contributed by atoms with van der Waals surface area (Å²) in [7, 11) is -0.918. The number of rotatable bonds is 2. The van der Waals surface area contributed by atoms with Gasteiger partial charge in [-0.2, -0.15) is 18.4 Å². The molecular formula is C17H16F3NO2S. The fraction of sp³-hybridized carbons (Fsp3) is 0.529. The molecule has 3 nitrogen and oxygen atoms in total. The Hall–Kier alpha value is -1.68. The molecule has 128 valence electrons. The third kappa shape index (κ3) is 3.12. The molecule has 0 spiro atoms. The van der Waals surface area contributed by atoms with Gasteiger partial charge in [0.15, 0.2) is 5.78 Å². The maximum absolute atomic E-state index is 12.8. The standard InChI is InChI=1S/C17H16F3NO2S/c18-17(19,20)12-4-5-15(11(6-12)9-21)16(22)10-7-13-2-1-3-14(8-10)24(13)23/h4-6,10,13-14H,1-3,7-8H2. The first-order valence-electron chi connectivity index (χ1n) is 7.86. The number of carbonyl (C=O) groups is 1. The van der Waals surface area contributed by atoms with Gasteiger partial charge in [0.25, 0.3) is 0 Å². The van der Waals surface area contributed by atoms with Gasteiger partial charge >= 0.3 is 6.18 Å². The monoisotopic (exact) mass is 355 g/mol. The van der Waals surface area contributed by atoms with Crippen LogP contribution in [0.15, 0.2) is 18.2 Å². The lowest BCUT2D eigenvalue weighted by Crippen LogP contribution is -2.41.